The minimum absolute atomic E-state index is 0.790. The van der Waals surface area contributed by atoms with Gasteiger partial charge in [0.2, 0.25) is 0 Å². The maximum absolute atomic E-state index is 5.26. The number of nitrogens with one attached hydrogen (secondary N) is 1. The second-order valence-electron chi connectivity index (χ2n) is 3.53. The van der Waals surface area contributed by atoms with Gasteiger partial charge in [0.05, 0.1) is 12.2 Å². The van der Waals surface area contributed by atoms with Crippen molar-refractivity contribution in [1.29, 1.82) is 0 Å². The van der Waals surface area contributed by atoms with Crippen molar-refractivity contribution < 1.29 is 4.52 Å². The van der Waals surface area contributed by atoms with Crippen LogP contribution in [0.15, 0.2) is 10.6 Å². The quantitative estimate of drug-likeness (QED) is 0.744. The van der Waals surface area contributed by atoms with Crippen LogP contribution in [-0.2, 0) is 13.1 Å². The Balaban J connectivity index is 2.44. The molecule has 0 fully saturated rings. The molecule has 0 saturated heterocycles. The van der Waals surface area contributed by atoms with Crippen molar-refractivity contribution in [2.75, 3.05) is 19.6 Å². The van der Waals surface area contributed by atoms with Gasteiger partial charge in [0, 0.05) is 12.6 Å². The summed E-state index contributed by atoms with van der Waals surface area (Å²) in [6.45, 7) is 11.1. The van der Waals surface area contributed by atoms with E-state index in [1.54, 1.807) is 0 Å². The zero-order valence-electron chi connectivity index (χ0n) is 9.92. The molecule has 4 heteroatoms. The molecule has 1 aromatic rings. The Labute approximate surface area is 91.6 Å². The summed E-state index contributed by atoms with van der Waals surface area (Å²) in [6.07, 6.45) is 0. The Hall–Kier alpha value is -0.870. The summed E-state index contributed by atoms with van der Waals surface area (Å²) in [7, 11) is 0. The molecule has 0 unspecified atom stereocenters. The van der Waals surface area contributed by atoms with Crippen molar-refractivity contribution >= 4 is 0 Å². The van der Waals surface area contributed by atoms with E-state index in [1.165, 1.54) is 0 Å². The molecule has 0 radical (unpaired) electrons. The van der Waals surface area contributed by atoms with Crippen LogP contribution < -0.4 is 5.32 Å². The van der Waals surface area contributed by atoms with Crippen molar-refractivity contribution in [3.8, 4) is 0 Å². The van der Waals surface area contributed by atoms with Gasteiger partial charge < -0.3 is 9.84 Å². The molecule has 0 amide bonds. The summed E-state index contributed by atoms with van der Waals surface area (Å²) in [5, 5.41) is 7.23. The average molecular weight is 211 g/mol. The molecular weight excluding hydrogens is 190 g/mol. The van der Waals surface area contributed by atoms with Gasteiger partial charge in [-0.05, 0) is 19.6 Å². The van der Waals surface area contributed by atoms with Gasteiger partial charge in [0.25, 0.3) is 0 Å². The molecule has 0 bridgehead atoms. The van der Waals surface area contributed by atoms with Crippen LogP contribution >= 0.6 is 0 Å². The van der Waals surface area contributed by atoms with E-state index >= 15 is 0 Å². The van der Waals surface area contributed by atoms with Gasteiger partial charge in [-0.1, -0.05) is 25.9 Å². The summed E-state index contributed by atoms with van der Waals surface area (Å²) in [5.41, 5.74) is 0.985. The van der Waals surface area contributed by atoms with Crippen LogP contribution in [0.3, 0.4) is 0 Å². The SMILES string of the molecule is CCNCc1cc(CN(CC)CC)on1. The second kappa shape index (κ2) is 6.58. The van der Waals surface area contributed by atoms with Gasteiger partial charge in [0.1, 0.15) is 0 Å². The summed E-state index contributed by atoms with van der Waals surface area (Å²) in [5.74, 6) is 0.951. The van der Waals surface area contributed by atoms with Gasteiger partial charge >= 0.3 is 0 Å². The average Bonchev–Trinajstić information content (AvgIpc) is 2.70. The molecule has 1 heterocycles. The lowest BCUT2D eigenvalue weighted by atomic mass is 10.3. The van der Waals surface area contributed by atoms with E-state index in [2.05, 4.69) is 36.1 Å². The van der Waals surface area contributed by atoms with Gasteiger partial charge in [-0.25, -0.2) is 0 Å². The number of nitrogens with zero attached hydrogens (tertiary/aromatic N) is 2. The molecule has 1 aromatic heterocycles. The van der Waals surface area contributed by atoms with E-state index in [9.17, 15) is 0 Å². The van der Waals surface area contributed by atoms with Gasteiger partial charge in [0.15, 0.2) is 5.76 Å². The van der Waals surface area contributed by atoms with Gasteiger partial charge in [-0.15, -0.1) is 0 Å². The Morgan fingerprint density at radius 1 is 1.33 bits per heavy atom. The highest BCUT2D eigenvalue weighted by Crippen LogP contribution is 2.06. The van der Waals surface area contributed by atoms with Crippen LogP contribution in [0.25, 0.3) is 0 Å². The minimum Gasteiger partial charge on any atom is -0.360 e. The molecule has 0 spiro atoms. The first-order valence-electron chi connectivity index (χ1n) is 5.67. The van der Waals surface area contributed by atoms with Crippen LogP contribution in [0.2, 0.25) is 0 Å². The fourth-order valence-corrected chi connectivity index (χ4v) is 1.43. The Morgan fingerprint density at radius 2 is 2.07 bits per heavy atom. The molecule has 0 aliphatic carbocycles. The van der Waals surface area contributed by atoms with Crippen LogP contribution in [0.1, 0.15) is 32.2 Å². The Bertz CT molecular complexity index is 269. The lowest BCUT2D eigenvalue weighted by Crippen LogP contribution is -2.21. The monoisotopic (exact) mass is 211 g/mol. The summed E-state index contributed by atoms with van der Waals surface area (Å²) < 4.78 is 5.26. The lowest BCUT2D eigenvalue weighted by Gasteiger charge is -2.14. The van der Waals surface area contributed by atoms with Gasteiger partial charge in [-0.3, -0.25) is 4.90 Å². The maximum atomic E-state index is 5.26. The van der Waals surface area contributed by atoms with Crippen molar-refractivity contribution in [2.45, 2.75) is 33.9 Å². The first kappa shape index (κ1) is 12.2. The number of hydrogen-bond donors (Lipinski definition) is 1. The first-order chi connectivity index (χ1) is 7.30. The first-order valence-corrected chi connectivity index (χ1v) is 5.67. The third-order valence-electron chi connectivity index (χ3n) is 2.44. The van der Waals surface area contributed by atoms with E-state index in [0.29, 0.717) is 0 Å². The van der Waals surface area contributed by atoms with Crippen LogP contribution in [-0.4, -0.2) is 29.7 Å². The zero-order valence-corrected chi connectivity index (χ0v) is 9.92. The molecule has 15 heavy (non-hydrogen) atoms. The highest BCUT2D eigenvalue weighted by molar-refractivity contribution is 5.04. The van der Waals surface area contributed by atoms with Crippen LogP contribution in [0, 0.1) is 0 Å². The highest BCUT2D eigenvalue weighted by Gasteiger charge is 2.07. The van der Waals surface area contributed by atoms with Gasteiger partial charge in [-0.2, -0.15) is 0 Å². The molecule has 0 aromatic carbocycles. The summed E-state index contributed by atoms with van der Waals surface area (Å²) in [6, 6.07) is 2.03. The van der Waals surface area contributed by atoms with E-state index in [-0.39, 0.29) is 0 Å². The second-order valence-corrected chi connectivity index (χ2v) is 3.53. The number of rotatable bonds is 7. The topological polar surface area (TPSA) is 41.3 Å². The molecular formula is C11H21N3O. The fraction of sp³-hybridized carbons (Fsp3) is 0.727. The van der Waals surface area contributed by atoms with Crippen molar-refractivity contribution in [3.05, 3.63) is 17.5 Å². The zero-order chi connectivity index (χ0) is 11.1. The van der Waals surface area contributed by atoms with Crippen molar-refractivity contribution in [2.24, 2.45) is 0 Å². The predicted octanol–water partition coefficient (Wildman–Crippen LogP) is 1.63. The summed E-state index contributed by atoms with van der Waals surface area (Å²) >= 11 is 0. The third kappa shape index (κ3) is 4.01. The fourth-order valence-electron chi connectivity index (χ4n) is 1.43. The standard InChI is InChI=1S/C11H21N3O/c1-4-12-8-10-7-11(15-13-10)9-14(5-2)6-3/h7,12H,4-6,8-9H2,1-3H3. The van der Waals surface area contributed by atoms with E-state index in [4.69, 9.17) is 4.52 Å². The summed E-state index contributed by atoms with van der Waals surface area (Å²) in [4.78, 5) is 2.30. The van der Waals surface area contributed by atoms with Crippen LogP contribution in [0.5, 0.6) is 0 Å². The molecule has 0 aliphatic rings. The molecule has 0 atom stereocenters. The minimum atomic E-state index is 0.790. The molecule has 0 saturated carbocycles. The normalized spacial score (nSPS) is 11.2. The van der Waals surface area contributed by atoms with E-state index < -0.39 is 0 Å². The molecule has 4 nitrogen and oxygen atoms in total. The lowest BCUT2D eigenvalue weighted by molar-refractivity contribution is 0.251. The number of aromatic nitrogens is 1. The maximum Gasteiger partial charge on any atom is 0.151 e. The van der Waals surface area contributed by atoms with E-state index in [1.807, 2.05) is 6.07 Å². The van der Waals surface area contributed by atoms with Crippen molar-refractivity contribution in [1.82, 2.24) is 15.4 Å². The Kier molecular flexibility index (Phi) is 5.36. The molecule has 86 valence electrons. The van der Waals surface area contributed by atoms with Crippen LogP contribution in [0.4, 0.5) is 0 Å². The Morgan fingerprint density at radius 3 is 2.67 bits per heavy atom. The highest BCUT2D eigenvalue weighted by atomic mass is 16.5. The smallest absolute Gasteiger partial charge is 0.151 e. The third-order valence-corrected chi connectivity index (χ3v) is 2.44. The molecule has 1 N–H and O–H groups in total. The molecule has 0 aliphatic heterocycles. The predicted molar refractivity (Wildman–Crippen MR) is 60.5 cm³/mol. The number of hydrogen-bond acceptors (Lipinski definition) is 4. The molecule has 1 rings (SSSR count). The van der Waals surface area contributed by atoms with Crippen molar-refractivity contribution in [3.63, 3.8) is 0 Å². The van der Waals surface area contributed by atoms with E-state index in [0.717, 1.165) is 44.2 Å². The largest absolute Gasteiger partial charge is 0.360 e.